The summed E-state index contributed by atoms with van der Waals surface area (Å²) < 4.78 is 4.14. The summed E-state index contributed by atoms with van der Waals surface area (Å²) in [5.41, 5.74) is 1.12. The molecule has 0 aliphatic rings. The molecule has 4 nitrogen and oxygen atoms in total. The predicted molar refractivity (Wildman–Crippen MR) is 75.1 cm³/mol. The number of thiophene rings is 1. The summed E-state index contributed by atoms with van der Waals surface area (Å²) in [5.74, 6) is 0. The second-order valence-electron chi connectivity index (χ2n) is 3.39. The molecule has 1 N–H and O–H groups in total. The molecule has 0 atom stereocenters. The van der Waals surface area contributed by atoms with E-state index in [0.29, 0.717) is 6.54 Å². The van der Waals surface area contributed by atoms with E-state index in [1.165, 1.54) is 29.4 Å². The highest BCUT2D eigenvalue weighted by molar-refractivity contribution is 7.99. The molecule has 94 valence electrons. The predicted octanol–water partition coefficient (Wildman–Crippen LogP) is 4.11. The zero-order valence-corrected chi connectivity index (χ0v) is 11.5. The van der Waals surface area contributed by atoms with Crippen LogP contribution in [-0.4, -0.2) is 4.92 Å². The van der Waals surface area contributed by atoms with Crippen LogP contribution in [0.5, 0.6) is 0 Å². The van der Waals surface area contributed by atoms with Gasteiger partial charge in [-0.25, -0.2) is 0 Å². The number of halogens is 1. The zero-order chi connectivity index (χ0) is 13.0. The lowest BCUT2D eigenvalue weighted by Gasteiger charge is -2.01. The SMILES string of the molecule is O=[N+]([O-])c1cc(SNCc2ccccc2)sc1Cl. The summed E-state index contributed by atoms with van der Waals surface area (Å²) in [6, 6.07) is 11.4. The Morgan fingerprint density at radius 2 is 2.11 bits per heavy atom. The number of hydrogen-bond donors (Lipinski definition) is 1. The fraction of sp³-hybridized carbons (Fsp3) is 0.0909. The molecule has 2 rings (SSSR count). The minimum atomic E-state index is -0.472. The van der Waals surface area contributed by atoms with Crippen molar-refractivity contribution in [2.75, 3.05) is 0 Å². The van der Waals surface area contributed by atoms with Gasteiger partial charge >= 0.3 is 0 Å². The summed E-state index contributed by atoms with van der Waals surface area (Å²) in [7, 11) is 0. The van der Waals surface area contributed by atoms with E-state index in [1.807, 2.05) is 30.3 Å². The Morgan fingerprint density at radius 3 is 2.72 bits per heavy atom. The van der Waals surface area contributed by atoms with Crippen LogP contribution in [0.15, 0.2) is 40.6 Å². The molecule has 0 fully saturated rings. The third kappa shape index (κ3) is 3.46. The molecule has 0 spiro atoms. The largest absolute Gasteiger partial charge is 0.299 e. The van der Waals surface area contributed by atoms with Crippen LogP contribution in [0.3, 0.4) is 0 Å². The summed E-state index contributed by atoms with van der Waals surface area (Å²) in [6.07, 6.45) is 0. The second kappa shape index (κ2) is 6.19. The maximum atomic E-state index is 10.6. The molecule has 2 aromatic rings. The maximum Gasteiger partial charge on any atom is 0.299 e. The van der Waals surface area contributed by atoms with Crippen molar-refractivity contribution in [1.29, 1.82) is 0 Å². The van der Waals surface area contributed by atoms with Crippen molar-refractivity contribution in [2.24, 2.45) is 0 Å². The van der Waals surface area contributed by atoms with Crippen molar-refractivity contribution in [3.8, 4) is 0 Å². The number of nitrogens with one attached hydrogen (secondary N) is 1. The Hall–Kier alpha value is -1.08. The lowest BCUT2D eigenvalue weighted by atomic mass is 10.2. The molecular weight excluding hydrogens is 292 g/mol. The van der Waals surface area contributed by atoms with Gasteiger partial charge in [-0.05, 0) is 17.5 Å². The second-order valence-corrected chi connectivity index (χ2v) is 6.24. The molecule has 0 unspecified atom stereocenters. The van der Waals surface area contributed by atoms with Crippen LogP contribution in [0.1, 0.15) is 5.56 Å². The monoisotopic (exact) mass is 300 g/mol. The van der Waals surface area contributed by atoms with Gasteiger partial charge in [-0.2, -0.15) is 0 Å². The third-order valence-corrected chi connectivity index (χ3v) is 4.37. The molecule has 0 saturated carbocycles. The summed E-state index contributed by atoms with van der Waals surface area (Å²) in [5, 5.41) is 10.6. The van der Waals surface area contributed by atoms with Crippen LogP contribution in [0.2, 0.25) is 4.34 Å². The van der Waals surface area contributed by atoms with Crippen molar-refractivity contribution >= 4 is 40.6 Å². The molecule has 0 amide bonds. The van der Waals surface area contributed by atoms with Gasteiger partial charge in [0.25, 0.3) is 5.69 Å². The molecule has 1 aromatic heterocycles. The van der Waals surface area contributed by atoms with E-state index in [4.69, 9.17) is 11.6 Å². The Kier molecular flexibility index (Phi) is 4.60. The fourth-order valence-corrected chi connectivity index (χ4v) is 3.54. The zero-order valence-electron chi connectivity index (χ0n) is 9.13. The van der Waals surface area contributed by atoms with Crippen molar-refractivity contribution in [3.63, 3.8) is 0 Å². The molecule has 0 aliphatic carbocycles. The van der Waals surface area contributed by atoms with E-state index in [0.717, 1.165) is 9.77 Å². The van der Waals surface area contributed by atoms with E-state index in [-0.39, 0.29) is 10.0 Å². The maximum absolute atomic E-state index is 10.6. The molecule has 7 heteroatoms. The number of nitrogens with zero attached hydrogens (tertiary/aromatic N) is 1. The van der Waals surface area contributed by atoms with Gasteiger partial charge < -0.3 is 0 Å². The van der Waals surface area contributed by atoms with E-state index >= 15 is 0 Å². The first kappa shape index (κ1) is 13.4. The van der Waals surface area contributed by atoms with Gasteiger partial charge in [-0.3, -0.25) is 14.8 Å². The molecular formula is C11H9ClN2O2S2. The number of hydrogen-bond acceptors (Lipinski definition) is 5. The Balaban J connectivity index is 1.91. The third-order valence-electron chi connectivity index (χ3n) is 2.13. The highest BCUT2D eigenvalue weighted by Gasteiger charge is 2.17. The van der Waals surface area contributed by atoms with Crippen LogP contribution in [-0.2, 0) is 6.54 Å². The van der Waals surface area contributed by atoms with Crippen molar-refractivity contribution < 1.29 is 4.92 Å². The number of benzene rings is 1. The lowest BCUT2D eigenvalue weighted by molar-refractivity contribution is -0.384. The van der Waals surface area contributed by atoms with Crippen molar-refractivity contribution in [2.45, 2.75) is 10.8 Å². The van der Waals surface area contributed by atoms with E-state index < -0.39 is 4.92 Å². The molecule has 0 aliphatic heterocycles. The van der Waals surface area contributed by atoms with Gasteiger partial charge in [0.1, 0.15) is 0 Å². The summed E-state index contributed by atoms with van der Waals surface area (Å²) >= 11 is 8.32. The van der Waals surface area contributed by atoms with Gasteiger partial charge in [0.2, 0.25) is 0 Å². The standard InChI is InChI=1S/C11H9ClN2O2S2/c12-11-9(14(15)16)6-10(17-11)18-13-7-8-4-2-1-3-5-8/h1-6,13H,7H2. The van der Waals surface area contributed by atoms with Crippen LogP contribution >= 0.6 is 34.9 Å². The van der Waals surface area contributed by atoms with Crippen molar-refractivity contribution in [1.82, 2.24) is 4.72 Å². The molecule has 1 aromatic carbocycles. The van der Waals surface area contributed by atoms with Gasteiger partial charge in [0.05, 0.1) is 9.13 Å². The molecule has 18 heavy (non-hydrogen) atoms. The topological polar surface area (TPSA) is 55.2 Å². The Labute approximate surface area is 117 Å². The number of rotatable bonds is 5. The van der Waals surface area contributed by atoms with Gasteiger partial charge in [-0.1, -0.05) is 41.9 Å². The molecule has 0 radical (unpaired) electrons. The Morgan fingerprint density at radius 1 is 1.39 bits per heavy atom. The fourth-order valence-electron chi connectivity index (χ4n) is 1.30. The first-order chi connectivity index (χ1) is 8.66. The summed E-state index contributed by atoms with van der Waals surface area (Å²) in [6.45, 7) is 0.689. The highest BCUT2D eigenvalue weighted by Crippen LogP contribution is 2.38. The minimum absolute atomic E-state index is 0.0364. The van der Waals surface area contributed by atoms with E-state index in [2.05, 4.69) is 4.72 Å². The average molecular weight is 301 g/mol. The van der Waals surface area contributed by atoms with E-state index in [9.17, 15) is 10.1 Å². The minimum Gasteiger partial charge on any atom is -0.258 e. The van der Waals surface area contributed by atoms with E-state index in [1.54, 1.807) is 0 Å². The normalized spacial score (nSPS) is 10.5. The van der Waals surface area contributed by atoms with Crippen LogP contribution in [0, 0.1) is 10.1 Å². The summed E-state index contributed by atoms with van der Waals surface area (Å²) in [4.78, 5) is 10.2. The lowest BCUT2D eigenvalue weighted by Crippen LogP contribution is -2.01. The number of nitro groups is 1. The molecule has 1 heterocycles. The van der Waals surface area contributed by atoms with Crippen LogP contribution in [0.25, 0.3) is 0 Å². The van der Waals surface area contributed by atoms with Crippen molar-refractivity contribution in [3.05, 3.63) is 56.4 Å². The molecule has 0 bridgehead atoms. The van der Waals surface area contributed by atoms with Gasteiger partial charge in [0.15, 0.2) is 4.34 Å². The average Bonchev–Trinajstić information content (AvgIpc) is 2.72. The first-order valence-corrected chi connectivity index (χ1v) is 7.05. The van der Waals surface area contributed by atoms with Gasteiger partial charge in [0, 0.05) is 12.6 Å². The van der Waals surface area contributed by atoms with Crippen LogP contribution in [0.4, 0.5) is 5.69 Å². The highest BCUT2D eigenvalue weighted by atomic mass is 35.5. The molecule has 0 saturated heterocycles. The van der Waals surface area contributed by atoms with Crippen LogP contribution < -0.4 is 4.72 Å². The Bertz CT molecular complexity index is 545. The smallest absolute Gasteiger partial charge is 0.258 e. The quantitative estimate of drug-likeness (QED) is 0.513. The van der Waals surface area contributed by atoms with Gasteiger partial charge in [-0.15, -0.1) is 11.3 Å². The first-order valence-electron chi connectivity index (χ1n) is 5.04.